The molecule has 3 rings (SSSR count). The third kappa shape index (κ3) is 2.72. The van der Waals surface area contributed by atoms with Crippen molar-refractivity contribution in [1.29, 1.82) is 0 Å². The van der Waals surface area contributed by atoms with Gasteiger partial charge in [0.05, 0.1) is 12.9 Å². The molecule has 0 atom stereocenters. The Bertz CT molecular complexity index is 722. The highest BCUT2D eigenvalue weighted by atomic mass is 32.2. The number of nitrogen functional groups attached to an aromatic ring is 1. The van der Waals surface area contributed by atoms with Gasteiger partial charge in [-0.1, -0.05) is 0 Å². The largest absolute Gasteiger partial charge is 0.497 e. The Hall–Kier alpha value is -2.14. The van der Waals surface area contributed by atoms with Gasteiger partial charge in [0.1, 0.15) is 11.3 Å². The molecule has 0 spiro atoms. The molecule has 0 aliphatic rings. The van der Waals surface area contributed by atoms with E-state index in [4.69, 9.17) is 14.9 Å². The number of fused-ring (bicyclic) bond motifs is 1. The van der Waals surface area contributed by atoms with Crippen LogP contribution in [0.3, 0.4) is 0 Å². The van der Waals surface area contributed by atoms with Gasteiger partial charge in [-0.15, -0.1) is 11.8 Å². The minimum absolute atomic E-state index is 0.681. The van der Waals surface area contributed by atoms with Crippen LogP contribution < -0.4 is 10.5 Å². The predicted octanol–water partition coefficient (Wildman–Crippen LogP) is 3.71. The van der Waals surface area contributed by atoms with Gasteiger partial charge in [-0.05, 0) is 36.4 Å². The van der Waals surface area contributed by atoms with Crippen LogP contribution in [0.1, 0.15) is 5.89 Å². The first-order valence-corrected chi connectivity index (χ1v) is 7.15. The number of nitrogens with two attached hydrogens (primary N) is 1. The molecular formula is C15H14N2O2S. The number of hydrogen-bond acceptors (Lipinski definition) is 5. The van der Waals surface area contributed by atoms with Crippen LogP contribution in [0.25, 0.3) is 11.1 Å². The highest BCUT2D eigenvalue weighted by molar-refractivity contribution is 7.98. The van der Waals surface area contributed by atoms with Crippen molar-refractivity contribution in [3.63, 3.8) is 0 Å². The first-order valence-electron chi connectivity index (χ1n) is 6.16. The van der Waals surface area contributed by atoms with E-state index in [-0.39, 0.29) is 0 Å². The van der Waals surface area contributed by atoms with Gasteiger partial charge in [0.15, 0.2) is 5.58 Å². The van der Waals surface area contributed by atoms with Gasteiger partial charge in [-0.2, -0.15) is 0 Å². The van der Waals surface area contributed by atoms with Crippen LogP contribution in [0, 0.1) is 0 Å². The number of anilines is 1. The van der Waals surface area contributed by atoms with Crippen molar-refractivity contribution in [3.8, 4) is 5.75 Å². The van der Waals surface area contributed by atoms with E-state index in [9.17, 15) is 0 Å². The molecule has 102 valence electrons. The van der Waals surface area contributed by atoms with Crippen molar-refractivity contribution in [1.82, 2.24) is 4.98 Å². The first-order chi connectivity index (χ1) is 9.74. The second kappa shape index (κ2) is 5.46. The van der Waals surface area contributed by atoms with Crippen LogP contribution in [0.4, 0.5) is 5.69 Å². The first kappa shape index (κ1) is 12.9. The van der Waals surface area contributed by atoms with Crippen LogP contribution in [-0.4, -0.2) is 12.1 Å². The van der Waals surface area contributed by atoms with E-state index >= 15 is 0 Å². The number of thioether (sulfide) groups is 1. The fourth-order valence-electron chi connectivity index (χ4n) is 1.87. The Balaban J connectivity index is 1.72. The maximum absolute atomic E-state index is 5.72. The van der Waals surface area contributed by atoms with Crippen LogP contribution >= 0.6 is 11.8 Å². The van der Waals surface area contributed by atoms with Crippen LogP contribution in [-0.2, 0) is 5.75 Å². The van der Waals surface area contributed by atoms with E-state index < -0.39 is 0 Å². The lowest BCUT2D eigenvalue weighted by atomic mass is 10.3. The van der Waals surface area contributed by atoms with Crippen molar-refractivity contribution in [2.24, 2.45) is 0 Å². The number of aromatic nitrogens is 1. The number of oxazole rings is 1. The van der Waals surface area contributed by atoms with E-state index in [2.05, 4.69) is 4.98 Å². The molecule has 5 heteroatoms. The molecule has 3 aromatic rings. The molecule has 0 fully saturated rings. The Labute approximate surface area is 120 Å². The maximum atomic E-state index is 5.72. The maximum Gasteiger partial charge on any atom is 0.205 e. The normalized spacial score (nSPS) is 10.8. The van der Waals surface area contributed by atoms with Gasteiger partial charge in [0.25, 0.3) is 0 Å². The molecule has 4 nitrogen and oxygen atoms in total. The average Bonchev–Trinajstić information content (AvgIpc) is 2.87. The van der Waals surface area contributed by atoms with Crippen LogP contribution in [0.5, 0.6) is 5.75 Å². The third-order valence-corrected chi connectivity index (χ3v) is 3.88. The molecule has 2 aromatic carbocycles. The predicted molar refractivity (Wildman–Crippen MR) is 81.0 cm³/mol. The second-order valence-electron chi connectivity index (χ2n) is 4.30. The lowest BCUT2D eigenvalue weighted by molar-refractivity contribution is 0.414. The number of methoxy groups -OCH3 is 1. The number of ether oxygens (including phenoxy) is 1. The minimum Gasteiger partial charge on any atom is -0.497 e. The van der Waals surface area contributed by atoms with Crippen molar-refractivity contribution in [3.05, 3.63) is 48.4 Å². The molecule has 1 aromatic heterocycles. The second-order valence-corrected chi connectivity index (χ2v) is 5.35. The zero-order valence-electron chi connectivity index (χ0n) is 11.0. The fraction of sp³-hybridized carbons (Fsp3) is 0.133. The highest BCUT2D eigenvalue weighted by Crippen LogP contribution is 2.26. The van der Waals surface area contributed by atoms with Gasteiger partial charge in [0.2, 0.25) is 5.89 Å². The van der Waals surface area contributed by atoms with E-state index in [1.807, 2.05) is 36.4 Å². The number of nitrogens with zero attached hydrogens (tertiary/aromatic N) is 1. The van der Waals surface area contributed by atoms with E-state index in [0.717, 1.165) is 21.7 Å². The lowest BCUT2D eigenvalue weighted by Crippen LogP contribution is -1.83. The topological polar surface area (TPSA) is 61.3 Å². The summed E-state index contributed by atoms with van der Waals surface area (Å²) in [7, 11) is 1.66. The number of rotatable bonds is 4. The Morgan fingerprint density at radius 2 is 2.00 bits per heavy atom. The van der Waals surface area contributed by atoms with Crippen molar-refractivity contribution < 1.29 is 9.15 Å². The molecule has 0 aliphatic carbocycles. The monoisotopic (exact) mass is 286 g/mol. The van der Waals surface area contributed by atoms with Gasteiger partial charge in [0, 0.05) is 16.6 Å². The molecule has 0 amide bonds. The molecule has 0 radical (unpaired) electrons. The number of benzene rings is 2. The molecule has 1 heterocycles. The molecule has 0 unspecified atom stereocenters. The van der Waals surface area contributed by atoms with Crippen LogP contribution in [0.15, 0.2) is 51.8 Å². The summed E-state index contributed by atoms with van der Waals surface area (Å²) < 4.78 is 10.8. The smallest absolute Gasteiger partial charge is 0.205 e. The van der Waals surface area contributed by atoms with Gasteiger partial charge in [-0.25, -0.2) is 4.98 Å². The number of hydrogen-bond donors (Lipinski definition) is 1. The van der Waals surface area contributed by atoms with E-state index in [0.29, 0.717) is 17.3 Å². The summed E-state index contributed by atoms with van der Waals surface area (Å²) in [5.41, 5.74) is 7.97. The van der Waals surface area contributed by atoms with E-state index in [1.165, 1.54) is 0 Å². The van der Waals surface area contributed by atoms with Crippen LogP contribution in [0.2, 0.25) is 0 Å². The summed E-state index contributed by atoms with van der Waals surface area (Å²) in [5, 5.41) is 0. The highest BCUT2D eigenvalue weighted by Gasteiger charge is 2.06. The summed E-state index contributed by atoms with van der Waals surface area (Å²) in [4.78, 5) is 5.58. The molecular weight excluding hydrogens is 272 g/mol. The van der Waals surface area contributed by atoms with Crippen molar-refractivity contribution >= 4 is 28.5 Å². The summed E-state index contributed by atoms with van der Waals surface area (Å²) >= 11 is 1.67. The average molecular weight is 286 g/mol. The summed E-state index contributed by atoms with van der Waals surface area (Å²) in [5.74, 6) is 2.24. The zero-order valence-corrected chi connectivity index (χ0v) is 11.8. The SMILES string of the molecule is COc1ccc(SCc2nc3ccc(N)cc3o2)cc1. The summed E-state index contributed by atoms with van der Waals surface area (Å²) in [6, 6.07) is 13.4. The standard InChI is InChI=1S/C15H14N2O2S/c1-18-11-3-5-12(6-4-11)20-9-15-17-13-7-2-10(16)8-14(13)19-15/h2-8H,9,16H2,1H3. The summed E-state index contributed by atoms with van der Waals surface area (Å²) in [6.07, 6.45) is 0. The quantitative estimate of drug-likeness (QED) is 0.585. The molecule has 20 heavy (non-hydrogen) atoms. The van der Waals surface area contributed by atoms with Gasteiger partial charge < -0.3 is 14.9 Å². The van der Waals surface area contributed by atoms with Crippen molar-refractivity contribution in [2.45, 2.75) is 10.6 Å². The molecule has 0 saturated carbocycles. The molecule has 0 saturated heterocycles. The Morgan fingerprint density at radius 3 is 2.75 bits per heavy atom. The zero-order chi connectivity index (χ0) is 13.9. The molecule has 2 N–H and O–H groups in total. The third-order valence-electron chi connectivity index (χ3n) is 2.88. The summed E-state index contributed by atoms with van der Waals surface area (Å²) in [6.45, 7) is 0. The molecule has 0 bridgehead atoms. The van der Waals surface area contributed by atoms with Crippen molar-refractivity contribution in [2.75, 3.05) is 12.8 Å². The Kier molecular flexibility index (Phi) is 3.52. The lowest BCUT2D eigenvalue weighted by Gasteiger charge is -2.01. The van der Waals surface area contributed by atoms with Gasteiger partial charge >= 0.3 is 0 Å². The fourth-order valence-corrected chi connectivity index (χ4v) is 2.61. The minimum atomic E-state index is 0.681. The Morgan fingerprint density at radius 1 is 1.20 bits per heavy atom. The molecule has 0 aliphatic heterocycles. The van der Waals surface area contributed by atoms with Gasteiger partial charge in [-0.3, -0.25) is 0 Å². The van der Waals surface area contributed by atoms with E-state index in [1.54, 1.807) is 24.9 Å².